The average Bonchev–Trinajstić information content (AvgIpc) is 2.92. The first-order chi connectivity index (χ1) is 7.74. The van der Waals surface area contributed by atoms with Gasteiger partial charge in [0.25, 0.3) is 0 Å². The van der Waals surface area contributed by atoms with Crippen LogP contribution in [0.4, 0.5) is 0 Å². The zero-order chi connectivity index (χ0) is 11.5. The lowest BCUT2D eigenvalue weighted by atomic mass is 10.1. The first-order valence-electron chi connectivity index (χ1n) is 5.52. The second-order valence-electron chi connectivity index (χ2n) is 4.18. The Balaban J connectivity index is 2.09. The van der Waals surface area contributed by atoms with E-state index in [1.54, 1.807) is 0 Å². The van der Waals surface area contributed by atoms with E-state index in [-0.39, 0.29) is 5.76 Å². The Kier molecular flexibility index (Phi) is 3.11. The van der Waals surface area contributed by atoms with Gasteiger partial charge < -0.3 is 5.11 Å². The van der Waals surface area contributed by atoms with Gasteiger partial charge in [-0.25, -0.2) is 0 Å². The summed E-state index contributed by atoms with van der Waals surface area (Å²) in [6.07, 6.45) is 2.55. The third-order valence-electron chi connectivity index (χ3n) is 2.98. The monoisotopic (exact) mass is 215 g/mol. The molecule has 0 bridgehead atoms. The molecule has 2 rings (SSSR count). The molecule has 0 aliphatic carbocycles. The summed E-state index contributed by atoms with van der Waals surface area (Å²) in [6, 6.07) is 11.1. The van der Waals surface area contributed by atoms with Crippen molar-refractivity contribution in [2.45, 2.75) is 18.5 Å². The topological polar surface area (TPSA) is 23.2 Å². The van der Waals surface area contributed by atoms with Gasteiger partial charge in [0, 0.05) is 19.0 Å². The Morgan fingerprint density at radius 1 is 1.38 bits per heavy atom. The summed E-state index contributed by atoms with van der Waals surface area (Å²) in [5, 5.41) is 9.27. The molecule has 1 aromatic carbocycles. The van der Waals surface area contributed by atoms with Crippen molar-refractivity contribution in [3.63, 3.8) is 0 Å². The molecule has 1 aliphatic rings. The number of aliphatic hydroxyl groups is 1. The first-order valence-corrected chi connectivity index (χ1v) is 5.52. The molecule has 1 heterocycles. The fourth-order valence-electron chi connectivity index (χ4n) is 2.26. The lowest BCUT2D eigenvalue weighted by Crippen LogP contribution is -2.01. The molecule has 0 spiro atoms. The van der Waals surface area contributed by atoms with Crippen molar-refractivity contribution >= 4 is 0 Å². The Bertz CT molecular complexity index is 385. The van der Waals surface area contributed by atoms with Crippen LogP contribution < -0.4 is 0 Å². The Labute approximate surface area is 96.5 Å². The van der Waals surface area contributed by atoms with Crippen LogP contribution in [0.3, 0.4) is 0 Å². The molecular formula is C14H17NO. The molecule has 1 saturated heterocycles. The number of rotatable bonds is 5. The van der Waals surface area contributed by atoms with Crippen molar-refractivity contribution in [3.8, 4) is 0 Å². The van der Waals surface area contributed by atoms with Gasteiger partial charge in [0.15, 0.2) is 0 Å². The van der Waals surface area contributed by atoms with Gasteiger partial charge in [-0.3, -0.25) is 4.90 Å². The summed E-state index contributed by atoms with van der Waals surface area (Å²) in [5.41, 5.74) is 1.30. The van der Waals surface area contributed by atoms with Crippen LogP contribution in [-0.2, 0) is 0 Å². The van der Waals surface area contributed by atoms with Crippen molar-refractivity contribution in [2.75, 3.05) is 6.54 Å². The highest BCUT2D eigenvalue weighted by Gasteiger charge is 2.47. The molecule has 0 saturated carbocycles. The van der Waals surface area contributed by atoms with Gasteiger partial charge >= 0.3 is 0 Å². The second kappa shape index (κ2) is 4.54. The molecule has 1 unspecified atom stereocenters. The Morgan fingerprint density at radius 2 is 2.06 bits per heavy atom. The lowest BCUT2D eigenvalue weighted by Gasteiger charge is -1.98. The molecule has 3 atom stereocenters. The van der Waals surface area contributed by atoms with E-state index >= 15 is 0 Å². The first kappa shape index (κ1) is 11.0. The standard InChI is InChI=1S/C14H17NO/c1-3-9-15-13(10-11(2)16)14(15)12-7-5-4-6-8-12/h3-8,13-14,16H,1-2,9-10H2/t13-,14-,15?/m0/s1. The highest BCUT2D eigenvalue weighted by molar-refractivity contribution is 5.28. The normalized spacial score (nSPS) is 27.4. The third-order valence-corrected chi connectivity index (χ3v) is 2.98. The minimum Gasteiger partial charge on any atom is -0.513 e. The molecule has 1 aliphatic heterocycles. The molecule has 0 radical (unpaired) electrons. The van der Waals surface area contributed by atoms with Crippen LogP contribution in [0, 0.1) is 0 Å². The van der Waals surface area contributed by atoms with Gasteiger partial charge in [0.05, 0.1) is 11.8 Å². The smallest absolute Gasteiger partial charge is 0.0867 e. The van der Waals surface area contributed by atoms with Crippen LogP contribution in [0.25, 0.3) is 0 Å². The van der Waals surface area contributed by atoms with Gasteiger partial charge in [0.2, 0.25) is 0 Å². The maximum Gasteiger partial charge on any atom is 0.0867 e. The predicted molar refractivity (Wildman–Crippen MR) is 66.3 cm³/mol. The summed E-state index contributed by atoms with van der Waals surface area (Å²) < 4.78 is 0. The number of hydrogen-bond donors (Lipinski definition) is 1. The maximum atomic E-state index is 9.27. The zero-order valence-electron chi connectivity index (χ0n) is 9.34. The van der Waals surface area contributed by atoms with E-state index in [0.29, 0.717) is 18.5 Å². The summed E-state index contributed by atoms with van der Waals surface area (Å²) in [7, 11) is 0. The second-order valence-corrected chi connectivity index (χ2v) is 4.18. The number of aliphatic hydroxyl groups excluding tert-OH is 1. The minimum atomic E-state index is 0.262. The molecule has 1 fully saturated rings. The van der Waals surface area contributed by atoms with Gasteiger partial charge in [-0.05, 0) is 5.56 Å². The molecule has 84 valence electrons. The molecule has 1 aromatic rings. The third kappa shape index (κ3) is 2.17. The van der Waals surface area contributed by atoms with Crippen molar-refractivity contribution in [3.05, 3.63) is 60.9 Å². The van der Waals surface area contributed by atoms with Gasteiger partial charge in [0.1, 0.15) is 0 Å². The zero-order valence-corrected chi connectivity index (χ0v) is 9.34. The molecule has 0 aromatic heterocycles. The van der Waals surface area contributed by atoms with Crippen LogP contribution in [0.1, 0.15) is 18.0 Å². The summed E-state index contributed by atoms with van der Waals surface area (Å²) in [4.78, 5) is 2.31. The number of hydrogen-bond acceptors (Lipinski definition) is 2. The fraction of sp³-hybridized carbons (Fsp3) is 0.286. The number of benzene rings is 1. The largest absolute Gasteiger partial charge is 0.513 e. The fourth-order valence-corrected chi connectivity index (χ4v) is 2.26. The molecule has 2 nitrogen and oxygen atoms in total. The molecule has 1 N–H and O–H groups in total. The van der Waals surface area contributed by atoms with E-state index in [9.17, 15) is 5.11 Å². The van der Waals surface area contributed by atoms with Gasteiger partial charge in [-0.1, -0.05) is 43.0 Å². The summed E-state index contributed by atoms with van der Waals surface area (Å²) in [5.74, 6) is 0.262. The van der Waals surface area contributed by atoms with Crippen molar-refractivity contribution in [2.24, 2.45) is 0 Å². The number of nitrogens with zero attached hydrogens (tertiary/aromatic N) is 1. The van der Waals surface area contributed by atoms with E-state index < -0.39 is 0 Å². The van der Waals surface area contributed by atoms with E-state index in [4.69, 9.17) is 0 Å². The van der Waals surface area contributed by atoms with Crippen LogP contribution in [0.15, 0.2) is 55.3 Å². The van der Waals surface area contributed by atoms with Crippen LogP contribution >= 0.6 is 0 Å². The van der Waals surface area contributed by atoms with Crippen LogP contribution in [0.5, 0.6) is 0 Å². The quantitative estimate of drug-likeness (QED) is 0.463. The van der Waals surface area contributed by atoms with E-state index in [2.05, 4.69) is 30.2 Å². The molecule has 16 heavy (non-hydrogen) atoms. The predicted octanol–water partition coefficient (Wildman–Crippen LogP) is 3.06. The molecular weight excluding hydrogens is 198 g/mol. The van der Waals surface area contributed by atoms with Crippen molar-refractivity contribution in [1.82, 2.24) is 4.90 Å². The summed E-state index contributed by atoms with van der Waals surface area (Å²) >= 11 is 0. The van der Waals surface area contributed by atoms with E-state index in [0.717, 1.165) is 6.54 Å². The van der Waals surface area contributed by atoms with Crippen LogP contribution in [0.2, 0.25) is 0 Å². The minimum absolute atomic E-state index is 0.262. The van der Waals surface area contributed by atoms with Crippen molar-refractivity contribution < 1.29 is 5.11 Å². The molecule has 2 heteroatoms. The van der Waals surface area contributed by atoms with E-state index in [1.807, 2.05) is 24.3 Å². The SMILES string of the molecule is C=CCN1[C@@H](CC(=C)O)[C@@H]1c1ccccc1. The Morgan fingerprint density at radius 3 is 2.62 bits per heavy atom. The maximum absolute atomic E-state index is 9.27. The lowest BCUT2D eigenvalue weighted by molar-refractivity contribution is 0.379. The van der Waals surface area contributed by atoms with Gasteiger partial charge in [-0.15, -0.1) is 6.58 Å². The van der Waals surface area contributed by atoms with E-state index in [1.165, 1.54) is 5.56 Å². The Hall–Kier alpha value is -1.54. The van der Waals surface area contributed by atoms with Crippen molar-refractivity contribution in [1.29, 1.82) is 0 Å². The van der Waals surface area contributed by atoms with Crippen LogP contribution in [-0.4, -0.2) is 22.6 Å². The van der Waals surface area contributed by atoms with Gasteiger partial charge in [-0.2, -0.15) is 0 Å². The highest BCUT2D eigenvalue weighted by Crippen LogP contribution is 2.45. The summed E-state index contributed by atoms with van der Waals surface area (Å²) in [6.45, 7) is 8.18. The molecule has 0 amide bonds. The highest BCUT2D eigenvalue weighted by atomic mass is 16.3. The average molecular weight is 215 g/mol.